The first-order valence-corrected chi connectivity index (χ1v) is 10.3. The Hall–Kier alpha value is -0.500. The highest BCUT2D eigenvalue weighted by Gasteiger charge is 2.28. The fraction of sp³-hybridized carbons (Fsp3) is 0.714. The molecule has 2 atom stereocenters. The fourth-order valence-electron chi connectivity index (χ4n) is 2.77. The molecular formula is C14H23N3O2S2. The van der Waals surface area contributed by atoms with Crippen molar-refractivity contribution in [2.45, 2.75) is 60.9 Å². The molecule has 2 unspecified atom stereocenters. The molecule has 2 aliphatic rings. The second-order valence-corrected chi connectivity index (χ2v) is 8.86. The maximum absolute atomic E-state index is 12.4. The highest BCUT2D eigenvalue weighted by atomic mass is 32.2. The van der Waals surface area contributed by atoms with Crippen molar-refractivity contribution in [3.05, 3.63) is 18.0 Å². The van der Waals surface area contributed by atoms with E-state index < -0.39 is 10.0 Å². The Morgan fingerprint density at radius 3 is 2.71 bits per heavy atom. The van der Waals surface area contributed by atoms with Crippen LogP contribution in [0.25, 0.3) is 0 Å². The van der Waals surface area contributed by atoms with E-state index in [1.807, 2.05) is 11.8 Å². The minimum Gasteiger partial charge on any atom is -0.363 e. The summed E-state index contributed by atoms with van der Waals surface area (Å²) in [7, 11) is -3.40. The zero-order valence-corrected chi connectivity index (χ0v) is 13.9. The van der Waals surface area contributed by atoms with Crippen LogP contribution < -0.4 is 10.0 Å². The lowest BCUT2D eigenvalue weighted by molar-refractivity contribution is 0.552. The minimum absolute atomic E-state index is 0.0791. The third-order valence-corrected chi connectivity index (χ3v) is 6.82. The largest absolute Gasteiger partial charge is 0.363 e. The van der Waals surface area contributed by atoms with Crippen molar-refractivity contribution in [2.75, 3.05) is 6.26 Å². The van der Waals surface area contributed by atoms with Gasteiger partial charge >= 0.3 is 0 Å². The van der Waals surface area contributed by atoms with E-state index in [9.17, 15) is 8.42 Å². The van der Waals surface area contributed by atoms with Crippen molar-refractivity contribution >= 4 is 21.8 Å². The normalized spacial score (nSPS) is 26.3. The van der Waals surface area contributed by atoms with E-state index in [0.29, 0.717) is 22.7 Å². The van der Waals surface area contributed by atoms with Gasteiger partial charge in [0.2, 0.25) is 10.0 Å². The van der Waals surface area contributed by atoms with Crippen LogP contribution in [-0.4, -0.2) is 37.0 Å². The molecule has 1 aromatic rings. The lowest BCUT2D eigenvalue weighted by atomic mass is 10.3. The summed E-state index contributed by atoms with van der Waals surface area (Å²) in [6.45, 7) is 0.707. The first-order chi connectivity index (χ1) is 10.1. The van der Waals surface area contributed by atoms with E-state index in [0.717, 1.165) is 25.0 Å². The zero-order chi connectivity index (χ0) is 14.9. The molecule has 2 fully saturated rings. The van der Waals surface area contributed by atoms with E-state index in [2.05, 4.69) is 21.3 Å². The van der Waals surface area contributed by atoms with Crippen LogP contribution in [0.5, 0.6) is 0 Å². The van der Waals surface area contributed by atoms with Crippen LogP contribution in [0.1, 0.15) is 37.8 Å². The number of hydrogen-bond donors (Lipinski definition) is 3. The Bertz CT molecular complexity index is 581. The maximum Gasteiger partial charge on any atom is 0.242 e. The fourth-order valence-corrected chi connectivity index (χ4v) is 4.86. The molecule has 0 aliphatic heterocycles. The van der Waals surface area contributed by atoms with Crippen molar-refractivity contribution in [3.63, 3.8) is 0 Å². The third-order valence-electron chi connectivity index (χ3n) is 4.22. The number of H-pyrrole nitrogens is 1. The third kappa shape index (κ3) is 4.03. The summed E-state index contributed by atoms with van der Waals surface area (Å²) < 4.78 is 27.6. The molecule has 7 heteroatoms. The Morgan fingerprint density at radius 1 is 1.29 bits per heavy atom. The molecule has 0 amide bonds. The Morgan fingerprint density at radius 2 is 2.05 bits per heavy atom. The molecule has 0 bridgehead atoms. The number of aromatic nitrogens is 1. The van der Waals surface area contributed by atoms with Crippen LogP contribution in [0.2, 0.25) is 0 Å². The molecule has 21 heavy (non-hydrogen) atoms. The summed E-state index contributed by atoms with van der Waals surface area (Å²) >= 11 is 1.83. The van der Waals surface area contributed by atoms with Crippen LogP contribution in [0.4, 0.5) is 0 Å². The van der Waals surface area contributed by atoms with Gasteiger partial charge in [-0.05, 0) is 44.4 Å². The molecule has 3 N–H and O–H groups in total. The Kier molecular flexibility index (Phi) is 4.63. The van der Waals surface area contributed by atoms with Crippen molar-refractivity contribution in [1.29, 1.82) is 0 Å². The molecule has 118 valence electrons. The van der Waals surface area contributed by atoms with E-state index >= 15 is 0 Å². The molecule has 2 aliphatic carbocycles. The molecule has 1 heterocycles. The quantitative estimate of drug-likeness (QED) is 0.713. The summed E-state index contributed by atoms with van der Waals surface area (Å²) in [4.78, 5) is 3.40. The predicted molar refractivity (Wildman–Crippen MR) is 85.9 cm³/mol. The molecule has 0 aromatic carbocycles. The Balaban J connectivity index is 1.58. The van der Waals surface area contributed by atoms with Crippen LogP contribution in [0, 0.1) is 0 Å². The average Bonchev–Trinajstić information content (AvgIpc) is 2.98. The van der Waals surface area contributed by atoms with E-state index in [1.54, 1.807) is 12.3 Å². The van der Waals surface area contributed by atoms with E-state index in [-0.39, 0.29) is 6.04 Å². The van der Waals surface area contributed by atoms with Crippen molar-refractivity contribution in [2.24, 2.45) is 0 Å². The van der Waals surface area contributed by atoms with Gasteiger partial charge in [0.25, 0.3) is 0 Å². The lowest BCUT2D eigenvalue weighted by Gasteiger charge is -2.12. The molecule has 3 rings (SSSR count). The van der Waals surface area contributed by atoms with Crippen LogP contribution in [0.3, 0.4) is 0 Å². The second-order valence-electron chi connectivity index (χ2n) is 6.00. The van der Waals surface area contributed by atoms with Crippen LogP contribution >= 0.6 is 11.8 Å². The lowest BCUT2D eigenvalue weighted by Crippen LogP contribution is -2.32. The minimum atomic E-state index is -3.40. The van der Waals surface area contributed by atoms with Gasteiger partial charge in [-0.1, -0.05) is 0 Å². The zero-order valence-electron chi connectivity index (χ0n) is 12.3. The summed E-state index contributed by atoms with van der Waals surface area (Å²) in [5, 5.41) is 3.96. The standard InChI is InChI=1S/C14H23N3O2S2/c1-20-13-5-4-11(6-13)17-21(18,19)14-7-12(16-9-14)8-15-10-2-3-10/h7,9-11,13,15-17H,2-6,8H2,1H3. The number of hydrogen-bond acceptors (Lipinski definition) is 4. The second kappa shape index (κ2) is 6.32. The predicted octanol–water partition coefficient (Wildman–Crippen LogP) is 1.83. The van der Waals surface area contributed by atoms with Gasteiger partial charge in [0.1, 0.15) is 0 Å². The molecule has 0 radical (unpaired) electrons. The summed E-state index contributed by atoms with van der Waals surface area (Å²) in [5.74, 6) is 0. The summed E-state index contributed by atoms with van der Waals surface area (Å²) in [6.07, 6.45) is 9.10. The molecule has 5 nitrogen and oxygen atoms in total. The first-order valence-electron chi connectivity index (χ1n) is 7.52. The van der Waals surface area contributed by atoms with Crippen LogP contribution in [-0.2, 0) is 16.6 Å². The SMILES string of the molecule is CSC1CCC(NS(=O)(=O)c2c[nH]c(CNC3CC3)c2)C1. The van der Waals surface area contributed by atoms with Crippen molar-refractivity contribution in [1.82, 2.24) is 15.0 Å². The topological polar surface area (TPSA) is 74.0 Å². The van der Waals surface area contributed by atoms with Gasteiger partial charge in [-0.2, -0.15) is 11.8 Å². The first kappa shape index (κ1) is 15.4. The van der Waals surface area contributed by atoms with Crippen molar-refractivity contribution in [3.8, 4) is 0 Å². The molecule has 2 saturated carbocycles. The Labute approximate surface area is 130 Å². The van der Waals surface area contributed by atoms with E-state index in [4.69, 9.17) is 0 Å². The average molecular weight is 329 g/mol. The van der Waals surface area contributed by atoms with Crippen molar-refractivity contribution < 1.29 is 8.42 Å². The molecular weight excluding hydrogens is 306 g/mol. The number of sulfonamides is 1. The number of rotatable bonds is 7. The number of nitrogens with one attached hydrogen (secondary N) is 3. The monoisotopic (exact) mass is 329 g/mol. The smallest absolute Gasteiger partial charge is 0.242 e. The van der Waals surface area contributed by atoms with Gasteiger partial charge in [0.05, 0.1) is 4.90 Å². The summed E-state index contributed by atoms with van der Waals surface area (Å²) in [5.41, 5.74) is 0.927. The highest BCUT2D eigenvalue weighted by molar-refractivity contribution is 7.99. The van der Waals surface area contributed by atoms with Gasteiger partial charge in [-0.15, -0.1) is 0 Å². The highest BCUT2D eigenvalue weighted by Crippen LogP contribution is 2.29. The van der Waals surface area contributed by atoms with Gasteiger partial charge in [-0.3, -0.25) is 0 Å². The van der Waals surface area contributed by atoms with E-state index in [1.165, 1.54) is 12.8 Å². The number of thioether (sulfide) groups is 1. The summed E-state index contributed by atoms with van der Waals surface area (Å²) in [6, 6.07) is 2.43. The van der Waals surface area contributed by atoms with Gasteiger partial charge in [0.15, 0.2) is 0 Å². The van der Waals surface area contributed by atoms with Crippen LogP contribution in [0.15, 0.2) is 17.2 Å². The van der Waals surface area contributed by atoms with Gasteiger partial charge in [0, 0.05) is 35.8 Å². The molecule has 0 spiro atoms. The van der Waals surface area contributed by atoms with Gasteiger partial charge in [-0.25, -0.2) is 13.1 Å². The molecule has 1 aromatic heterocycles. The molecule has 0 saturated heterocycles. The maximum atomic E-state index is 12.4. The number of aromatic amines is 1. The van der Waals surface area contributed by atoms with Gasteiger partial charge < -0.3 is 10.3 Å².